The number of amides is 2. The van der Waals surface area contributed by atoms with Gasteiger partial charge in [-0.05, 0) is 32.0 Å². The van der Waals surface area contributed by atoms with Crippen LogP contribution in [-0.2, 0) is 14.3 Å². The van der Waals surface area contributed by atoms with E-state index in [0.29, 0.717) is 12.1 Å². The van der Waals surface area contributed by atoms with Crippen LogP contribution in [-0.4, -0.2) is 34.2 Å². The summed E-state index contributed by atoms with van der Waals surface area (Å²) in [4.78, 5) is 27.0. The molecule has 3 fully saturated rings. The van der Waals surface area contributed by atoms with E-state index < -0.39 is 35.0 Å². The summed E-state index contributed by atoms with van der Waals surface area (Å²) in [6.45, 7) is 3.45. The molecule has 7 heteroatoms. The Bertz CT molecular complexity index is 835. The molecular formula is C18H19ClN2O4. The molecule has 6 nitrogen and oxygen atoms in total. The van der Waals surface area contributed by atoms with Crippen molar-refractivity contribution in [1.82, 2.24) is 0 Å². The number of imide groups is 1. The molecule has 1 aromatic carbocycles. The molecule has 0 unspecified atom stereocenters. The van der Waals surface area contributed by atoms with E-state index in [1.165, 1.54) is 12.1 Å². The number of aliphatic hydroxyl groups excluding tert-OH is 1. The lowest BCUT2D eigenvalue weighted by atomic mass is 9.67. The summed E-state index contributed by atoms with van der Waals surface area (Å²) in [5.41, 5.74) is -1.40. The monoisotopic (exact) mass is 362 g/mol. The number of aliphatic hydroxyl groups is 1. The number of nitriles is 1. The Hall–Kier alpha value is -1.94. The zero-order valence-corrected chi connectivity index (χ0v) is 13.9. The molecule has 3 heterocycles. The Balaban J connectivity index is 0.00000182. The normalized spacial score (nSPS) is 38.5. The third-order valence-electron chi connectivity index (χ3n) is 5.62. The van der Waals surface area contributed by atoms with Gasteiger partial charge in [-0.2, -0.15) is 5.26 Å². The minimum atomic E-state index is -1.06. The number of anilines is 1. The second-order valence-corrected chi connectivity index (χ2v) is 7.47. The number of ether oxygens (including phenoxy) is 1. The Labute approximate surface area is 150 Å². The summed E-state index contributed by atoms with van der Waals surface area (Å²) in [6, 6.07) is 6.42. The van der Waals surface area contributed by atoms with Crippen LogP contribution in [0.4, 0.5) is 5.69 Å². The summed E-state index contributed by atoms with van der Waals surface area (Å²) >= 11 is 5.93. The second kappa shape index (κ2) is 5.28. The zero-order chi connectivity index (χ0) is 17.4. The highest BCUT2D eigenvalue weighted by Gasteiger charge is 2.75. The number of fused-ring (bicyclic) bond motifs is 5. The van der Waals surface area contributed by atoms with E-state index in [-0.39, 0.29) is 23.9 Å². The molecule has 2 amide bonds. The van der Waals surface area contributed by atoms with E-state index in [2.05, 4.69) is 0 Å². The average Bonchev–Trinajstić information content (AvgIpc) is 3.02. The van der Waals surface area contributed by atoms with E-state index in [4.69, 9.17) is 21.6 Å². The van der Waals surface area contributed by atoms with Gasteiger partial charge in [-0.15, -0.1) is 0 Å². The molecule has 0 saturated carbocycles. The van der Waals surface area contributed by atoms with Gasteiger partial charge in [-0.1, -0.05) is 19.0 Å². The van der Waals surface area contributed by atoms with E-state index in [9.17, 15) is 14.7 Å². The van der Waals surface area contributed by atoms with E-state index in [1.807, 2.05) is 6.07 Å². The molecule has 0 spiro atoms. The number of rotatable bonds is 1. The quantitative estimate of drug-likeness (QED) is 0.774. The Kier molecular flexibility index (Phi) is 3.77. The van der Waals surface area contributed by atoms with E-state index in [0.717, 1.165) is 4.90 Å². The van der Waals surface area contributed by atoms with Crippen LogP contribution in [0.15, 0.2) is 18.2 Å². The molecule has 0 aliphatic carbocycles. The van der Waals surface area contributed by atoms with Crippen LogP contribution in [0, 0.1) is 23.2 Å². The number of nitrogens with zero attached hydrogens (tertiary/aromatic N) is 2. The van der Waals surface area contributed by atoms with Crippen molar-refractivity contribution in [1.29, 1.82) is 5.26 Å². The number of hydrogen-bond donors (Lipinski definition) is 1. The highest BCUT2D eigenvalue weighted by Crippen LogP contribution is 2.60. The highest BCUT2D eigenvalue weighted by atomic mass is 35.5. The smallest absolute Gasteiger partial charge is 0.240 e. The van der Waals surface area contributed by atoms with Gasteiger partial charge in [0.05, 0.1) is 39.8 Å². The van der Waals surface area contributed by atoms with Crippen LogP contribution in [0.25, 0.3) is 0 Å². The standard InChI is InChI=1S/C17H15ClN2O4.CH4/c1-16-6-11(21)17(2,24-16)13-12(16)14(22)20(15(13)23)9-3-4-10(18)8(5-9)7-19;/h3-5,11-13,21H,6H2,1-2H3;1H4/t11-,12+,13-,16-,17+;/m0./s1. The van der Waals surface area contributed by atoms with Gasteiger partial charge in [0.25, 0.3) is 0 Å². The minimum absolute atomic E-state index is 0. The first-order valence-electron chi connectivity index (χ1n) is 7.68. The van der Waals surface area contributed by atoms with Crippen molar-refractivity contribution in [2.45, 2.75) is 45.0 Å². The first-order chi connectivity index (χ1) is 11.2. The lowest BCUT2D eigenvalue weighted by Gasteiger charge is -2.31. The molecule has 2 bridgehead atoms. The van der Waals surface area contributed by atoms with E-state index >= 15 is 0 Å². The zero-order valence-electron chi connectivity index (χ0n) is 13.1. The van der Waals surface area contributed by atoms with Gasteiger partial charge < -0.3 is 9.84 Å². The topological polar surface area (TPSA) is 90.6 Å². The van der Waals surface area contributed by atoms with Crippen molar-refractivity contribution in [3.05, 3.63) is 28.8 Å². The Morgan fingerprint density at radius 3 is 2.60 bits per heavy atom. The van der Waals surface area contributed by atoms with Gasteiger partial charge in [-0.3, -0.25) is 9.59 Å². The molecule has 4 rings (SSSR count). The largest absolute Gasteiger partial charge is 0.390 e. The fourth-order valence-corrected chi connectivity index (χ4v) is 4.67. The van der Waals surface area contributed by atoms with Gasteiger partial charge in [0, 0.05) is 6.42 Å². The van der Waals surface area contributed by atoms with Gasteiger partial charge in [0.2, 0.25) is 11.8 Å². The first-order valence-corrected chi connectivity index (χ1v) is 8.06. The molecule has 3 aliphatic heterocycles. The molecule has 132 valence electrons. The third kappa shape index (κ3) is 2.03. The first kappa shape index (κ1) is 17.9. The maximum atomic E-state index is 13.0. The Morgan fingerprint density at radius 2 is 1.96 bits per heavy atom. The predicted octanol–water partition coefficient (Wildman–Crippen LogP) is 2.27. The summed E-state index contributed by atoms with van der Waals surface area (Å²) in [5.74, 6) is -2.10. The van der Waals surface area contributed by atoms with Crippen LogP contribution in [0.1, 0.15) is 33.3 Å². The Morgan fingerprint density at radius 1 is 1.32 bits per heavy atom. The lowest BCUT2D eigenvalue weighted by Crippen LogP contribution is -2.49. The van der Waals surface area contributed by atoms with Crippen molar-refractivity contribution in [2.24, 2.45) is 11.8 Å². The van der Waals surface area contributed by atoms with Crippen molar-refractivity contribution < 1.29 is 19.4 Å². The van der Waals surface area contributed by atoms with Crippen LogP contribution in [0.5, 0.6) is 0 Å². The third-order valence-corrected chi connectivity index (χ3v) is 5.95. The number of halogens is 1. The number of hydrogen-bond acceptors (Lipinski definition) is 5. The molecule has 0 aromatic heterocycles. The fourth-order valence-electron chi connectivity index (χ4n) is 4.51. The van der Waals surface area contributed by atoms with Crippen LogP contribution in [0.2, 0.25) is 5.02 Å². The predicted molar refractivity (Wildman–Crippen MR) is 90.9 cm³/mol. The van der Waals surface area contributed by atoms with Crippen molar-refractivity contribution in [3.8, 4) is 6.07 Å². The van der Waals surface area contributed by atoms with E-state index in [1.54, 1.807) is 19.9 Å². The maximum absolute atomic E-state index is 13.0. The van der Waals surface area contributed by atoms with Crippen molar-refractivity contribution in [2.75, 3.05) is 4.90 Å². The molecule has 5 atom stereocenters. The number of carbonyl (C=O) groups excluding carboxylic acids is 2. The molecule has 1 aromatic rings. The lowest BCUT2D eigenvalue weighted by molar-refractivity contribution is -0.132. The number of benzene rings is 1. The van der Waals surface area contributed by atoms with Crippen molar-refractivity contribution in [3.63, 3.8) is 0 Å². The summed E-state index contributed by atoms with van der Waals surface area (Å²) in [5, 5.41) is 19.7. The second-order valence-electron chi connectivity index (χ2n) is 7.06. The maximum Gasteiger partial charge on any atom is 0.240 e. The molecule has 25 heavy (non-hydrogen) atoms. The fraction of sp³-hybridized carbons (Fsp3) is 0.500. The van der Waals surface area contributed by atoms with Gasteiger partial charge in [-0.25, -0.2) is 4.90 Å². The molecule has 3 saturated heterocycles. The van der Waals surface area contributed by atoms with Gasteiger partial charge in [0.15, 0.2) is 0 Å². The highest BCUT2D eigenvalue weighted by molar-refractivity contribution is 6.32. The summed E-state index contributed by atoms with van der Waals surface area (Å²) in [6.07, 6.45) is -0.470. The van der Waals surface area contributed by atoms with Crippen LogP contribution in [0.3, 0.4) is 0 Å². The average molecular weight is 363 g/mol. The summed E-state index contributed by atoms with van der Waals surface area (Å²) in [7, 11) is 0. The molecular weight excluding hydrogens is 344 g/mol. The molecule has 0 radical (unpaired) electrons. The van der Waals surface area contributed by atoms with Crippen LogP contribution < -0.4 is 4.90 Å². The summed E-state index contributed by atoms with van der Waals surface area (Å²) < 4.78 is 5.92. The molecule has 3 aliphatic rings. The van der Waals surface area contributed by atoms with Gasteiger partial charge >= 0.3 is 0 Å². The number of carbonyl (C=O) groups is 2. The molecule has 1 N–H and O–H groups in total. The van der Waals surface area contributed by atoms with Gasteiger partial charge in [0.1, 0.15) is 11.7 Å². The SMILES string of the molecule is C.C[C@@]12O[C@@](C)(C[C@@H]1O)[C@H]1C(=O)N(c3ccc(Cl)c(C#N)c3)C(=O)[C@H]12. The van der Waals surface area contributed by atoms with Crippen molar-refractivity contribution >= 4 is 29.1 Å². The minimum Gasteiger partial charge on any atom is -0.390 e. The van der Waals surface area contributed by atoms with Crippen LogP contribution >= 0.6 is 11.6 Å².